The molecule has 0 aliphatic heterocycles. The molecule has 40 valence electrons. The molecule has 0 aromatic heterocycles. The van der Waals surface area contributed by atoms with Crippen molar-refractivity contribution in [2.45, 2.75) is 0 Å². The summed E-state index contributed by atoms with van der Waals surface area (Å²) in [7, 11) is 0. The van der Waals surface area contributed by atoms with Crippen LogP contribution in [0.2, 0.25) is 0 Å². The first-order chi connectivity index (χ1) is 3.41. The number of hydrogen-bond acceptors (Lipinski definition) is 2. The molecule has 0 aromatic carbocycles. The van der Waals surface area contributed by atoms with E-state index in [1.807, 2.05) is 12.5 Å². The lowest BCUT2D eigenvalue weighted by atomic mass is 10.8. The average Bonchev–Trinajstić information content (AvgIpc) is 1.69. The van der Waals surface area contributed by atoms with Gasteiger partial charge in [0, 0.05) is 18.2 Å². The molecule has 0 amide bonds. The highest BCUT2D eigenvalue weighted by Gasteiger charge is 1.66. The van der Waals surface area contributed by atoms with Crippen molar-refractivity contribution in [3.05, 3.63) is 12.8 Å². The minimum atomic E-state index is 0.978. The van der Waals surface area contributed by atoms with E-state index in [2.05, 4.69) is 11.6 Å². The van der Waals surface area contributed by atoms with Gasteiger partial charge in [-0.05, 0) is 6.26 Å². The monoisotopic (exact) mass is 115 g/mol. The van der Waals surface area contributed by atoms with Crippen molar-refractivity contribution in [2.75, 3.05) is 12.0 Å². The highest BCUT2D eigenvalue weighted by molar-refractivity contribution is 7.99. The zero-order valence-corrected chi connectivity index (χ0v) is 5.24. The molecule has 0 spiro atoms. The quantitative estimate of drug-likeness (QED) is 0.508. The number of aliphatic imine (C=N–C) groups is 1. The van der Waals surface area contributed by atoms with Crippen LogP contribution in [0.4, 0.5) is 0 Å². The molecule has 0 fully saturated rings. The Bertz CT molecular complexity index is 68.5. The molecule has 0 aliphatic rings. The van der Waals surface area contributed by atoms with Gasteiger partial charge in [0.15, 0.2) is 0 Å². The normalized spacial score (nSPS) is 9.86. The van der Waals surface area contributed by atoms with Gasteiger partial charge in [0.25, 0.3) is 0 Å². The van der Waals surface area contributed by atoms with E-state index in [9.17, 15) is 0 Å². The van der Waals surface area contributed by atoms with Crippen molar-refractivity contribution < 1.29 is 0 Å². The summed E-state index contributed by atoms with van der Waals surface area (Å²) in [6.07, 6.45) is 5.41. The van der Waals surface area contributed by atoms with Crippen molar-refractivity contribution in [1.29, 1.82) is 0 Å². The number of hydrogen-bond donors (Lipinski definition) is 0. The lowest BCUT2D eigenvalue weighted by Gasteiger charge is -1.77. The van der Waals surface area contributed by atoms with Gasteiger partial charge in [-0.2, -0.15) is 11.8 Å². The molecule has 0 aromatic rings. The molecule has 0 heterocycles. The summed E-state index contributed by atoms with van der Waals surface area (Å²) in [6.45, 7) is 3.43. The first-order valence-corrected chi connectivity index (χ1v) is 3.42. The summed E-state index contributed by atoms with van der Waals surface area (Å²) in [5.41, 5.74) is 0. The van der Waals surface area contributed by atoms with Gasteiger partial charge < -0.3 is 0 Å². The van der Waals surface area contributed by atoms with Crippen LogP contribution < -0.4 is 0 Å². The molecule has 0 bridgehead atoms. The summed E-state index contributed by atoms with van der Waals surface area (Å²) in [5.74, 6) is 0.978. The molecule has 0 aliphatic carbocycles. The van der Waals surface area contributed by atoms with Gasteiger partial charge >= 0.3 is 0 Å². The number of thioether (sulfide) groups is 1. The second kappa shape index (κ2) is 5.76. The van der Waals surface area contributed by atoms with E-state index < -0.39 is 0 Å². The Morgan fingerprint density at radius 3 is 3.00 bits per heavy atom. The van der Waals surface area contributed by atoms with Crippen LogP contribution in [-0.4, -0.2) is 18.2 Å². The Labute approximate surface area is 48.5 Å². The van der Waals surface area contributed by atoms with Crippen LogP contribution in [0.15, 0.2) is 17.8 Å². The Kier molecular flexibility index (Phi) is 5.56. The minimum absolute atomic E-state index is 0.978. The fraction of sp³-hybridized carbons (Fsp3) is 0.400. The van der Waals surface area contributed by atoms with Gasteiger partial charge in [-0.1, -0.05) is 6.58 Å². The molecule has 2 heteroatoms. The highest BCUT2D eigenvalue weighted by Crippen LogP contribution is 1.85. The van der Waals surface area contributed by atoms with E-state index in [4.69, 9.17) is 0 Å². The molecule has 0 radical (unpaired) electrons. The molecule has 1 nitrogen and oxygen atoms in total. The van der Waals surface area contributed by atoms with Crippen molar-refractivity contribution in [2.24, 2.45) is 4.99 Å². The van der Waals surface area contributed by atoms with E-state index in [-0.39, 0.29) is 0 Å². The van der Waals surface area contributed by atoms with E-state index in [1.165, 1.54) is 6.20 Å². The van der Waals surface area contributed by atoms with Gasteiger partial charge in [0.1, 0.15) is 0 Å². The summed E-state index contributed by atoms with van der Waals surface area (Å²) in [5, 5.41) is 0. The topological polar surface area (TPSA) is 12.4 Å². The largest absolute Gasteiger partial charge is 0.269 e. The predicted octanol–water partition coefficient (Wildman–Crippen LogP) is 1.56. The molecule has 0 unspecified atom stereocenters. The third-order valence-corrected chi connectivity index (χ3v) is 0.934. The number of nitrogens with zero attached hydrogens (tertiary/aromatic N) is 1. The van der Waals surface area contributed by atoms with Crippen LogP contribution in [0.25, 0.3) is 0 Å². The van der Waals surface area contributed by atoms with Gasteiger partial charge in [0.2, 0.25) is 0 Å². The lowest BCUT2D eigenvalue weighted by molar-refractivity contribution is 1.61. The van der Waals surface area contributed by atoms with Crippen LogP contribution in [0.5, 0.6) is 0 Å². The maximum Gasteiger partial charge on any atom is 0.0285 e. The van der Waals surface area contributed by atoms with E-state index in [0.29, 0.717) is 0 Å². The third-order valence-electron chi connectivity index (χ3n) is 0.452. The molecule has 0 atom stereocenters. The summed E-state index contributed by atoms with van der Waals surface area (Å²) in [6, 6.07) is 0. The zero-order chi connectivity index (χ0) is 5.54. The Hall–Kier alpha value is -0.240. The summed E-state index contributed by atoms with van der Waals surface area (Å²) in [4.78, 5) is 3.78. The van der Waals surface area contributed by atoms with Gasteiger partial charge in [-0.15, -0.1) is 0 Å². The number of rotatable bonds is 3. The van der Waals surface area contributed by atoms with E-state index >= 15 is 0 Å². The van der Waals surface area contributed by atoms with Crippen LogP contribution >= 0.6 is 11.8 Å². The van der Waals surface area contributed by atoms with Crippen LogP contribution in [0.1, 0.15) is 0 Å². The fourth-order valence-electron chi connectivity index (χ4n) is 0.192. The van der Waals surface area contributed by atoms with Gasteiger partial charge in [0.05, 0.1) is 0 Å². The molecule has 0 saturated carbocycles. The van der Waals surface area contributed by atoms with Crippen LogP contribution in [0.3, 0.4) is 0 Å². The maximum absolute atomic E-state index is 3.78. The van der Waals surface area contributed by atoms with Crippen LogP contribution in [-0.2, 0) is 0 Å². The van der Waals surface area contributed by atoms with E-state index in [0.717, 1.165) is 5.75 Å². The molecule has 0 rings (SSSR count). The van der Waals surface area contributed by atoms with Gasteiger partial charge in [-0.3, -0.25) is 4.99 Å². The Morgan fingerprint density at radius 2 is 2.57 bits per heavy atom. The standard InChI is InChI=1S/C5H9NS/c1-3-6-4-5-7-2/h3-4H,1,5H2,2H3. The first kappa shape index (κ1) is 6.76. The third kappa shape index (κ3) is 5.76. The molecule has 7 heavy (non-hydrogen) atoms. The summed E-state index contributed by atoms with van der Waals surface area (Å²) >= 11 is 1.74. The molecular formula is C5H9NS. The second-order valence-electron chi connectivity index (χ2n) is 0.970. The van der Waals surface area contributed by atoms with Crippen molar-refractivity contribution in [3.63, 3.8) is 0 Å². The Morgan fingerprint density at radius 1 is 1.86 bits per heavy atom. The van der Waals surface area contributed by atoms with E-state index in [1.54, 1.807) is 11.8 Å². The highest BCUT2D eigenvalue weighted by atomic mass is 32.2. The average molecular weight is 115 g/mol. The van der Waals surface area contributed by atoms with Crippen molar-refractivity contribution in [3.8, 4) is 0 Å². The second-order valence-corrected chi connectivity index (χ2v) is 1.88. The summed E-state index contributed by atoms with van der Waals surface area (Å²) < 4.78 is 0. The smallest absolute Gasteiger partial charge is 0.0285 e. The molecule has 0 saturated heterocycles. The van der Waals surface area contributed by atoms with Crippen molar-refractivity contribution in [1.82, 2.24) is 0 Å². The maximum atomic E-state index is 3.78. The first-order valence-electron chi connectivity index (χ1n) is 2.03. The van der Waals surface area contributed by atoms with Crippen molar-refractivity contribution >= 4 is 18.0 Å². The predicted molar refractivity (Wildman–Crippen MR) is 37.1 cm³/mol. The van der Waals surface area contributed by atoms with Gasteiger partial charge in [-0.25, -0.2) is 0 Å². The lowest BCUT2D eigenvalue weighted by Crippen LogP contribution is -1.73. The SMILES string of the molecule is C=CN=CCSC. The van der Waals surface area contributed by atoms with Crippen LogP contribution in [0, 0.1) is 0 Å². The Balaban J connectivity index is 2.92. The molecular weight excluding hydrogens is 106 g/mol. The minimum Gasteiger partial charge on any atom is -0.269 e. The zero-order valence-electron chi connectivity index (χ0n) is 4.42. The molecule has 0 N–H and O–H groups in total. The fourth-order valence-corrected chi connectivity index (χ4v) is 0.427.